The molecule has 20 heavy (non-hydrogen) atoms. The first kappa shape index (κ1) is 16.7. The first-order chi connectivity index (χ1) is 9.60. The fourth-order valence-electron chi connectivity index (χ4n) is 2.01. The van der Waals surface area contributed by atoms with E-state index in [1.807, 2.05) is 19.1 Å². The molecule has 0 saturated heterocycles. The van der Waals surface area contributed by atoms with Gasteiger partial charge < -0.3 is 11.1 Å². The maximum absolute atomic E-state index is 11.7. The molecule has 0 aliphatic carbocycles. The second kappa shape index (κ2) is 8.72. The van der Waals surface area contributed by atoms with Crippen LogP contribution in [0.1, 0.15) is 31.9 Å². The number of carbonyl (C=O) groups excluding carboxylic acids is 1. The van der Waals surface area contributed by atoms with Crippen LogP contribution in [-0.4, -0.2) is 30.4 Å². The molecule has 0 aliphatic rings. The van der Waals surface area contributed by atoms with Gasteiger partial charge in [0.2, 0.25) is 5.91 Å². The van der Waals surface area contributed by atoms with Crippen LogP contribution in [0.15, 0.2) is 24.3 Å². The van der Waals surface area contributed by atoms with Crippen molar-refractivity contribution >= 4 is 5.91 Å². The third-order valence-corrected chi connectivity index (χ3v) is 3.56. The van der Waals surface area contributed by atoms with Crippen LogP contribution >= 0.6 is 0 Å². The van der Waals surface area contributed by atoms with Gasteiger partial charge in [-0.3, -0.25) is 9.69 Å². The molecule has 0 bridgehead atoms. The van der Waals surface area contributed by atoms with Crippen molar-refractivity contribution in [3.63, 3.8) is 0 Å². The number of nitrogens with zero attached hydrogens (tertiary/aromatic N) is 1. The molecule has 112 valence electrons. The summed E-state index contributed by atoms with van der Waals surface area (Å²) >= 11 is 0. The number of hydrogen-bond donors (Lipinski definition) is 2. The van der Waals surface area contributed by atoms with Crippen molar-refractivity contribution in [3.05, 3.63) is 35.4 Å². The van der Waals surface area contributed by atoms with Gasteiger partial charge in [0, 0.05) is 25.6 Å². The lowest BCUT2D eigenvalue weighted by Crippen LogP contribution is -2.32. The monoisotopic (exact) mass is 277 g/mol. The highest BCUT2D eigenvalue weighted by Crippen LogP contribution is 2.08. The van der Waals surface area contributed by atoms with Gasteiger partial charge in [0.25, 0.3) is 0 Å². The van der Waals surface area contributed by atoms with Crippen LogP contribution in [0, 0.1) is 5.92 Å². The molecule has 0 saturated carbocycles. The second-order valence-corrected chi connectivity index (χ2v) is 5.14. The maximum Gasteiger partial charge on any atom is 0.224 e. The van der Waals surface area contributed by atoms with Gasteiger partial charge in [0.15, 0.2) is 0 Å². The SMILES string of the molecule is CCN(CC)Cc1cccc(CNC(=O)C(C)CN)c1. The summed E-state index contributed by atoms with van der Waals surface area (Å²) in [6.45, 7) is 10.2. The van der Waals surface area contributed by atoms with E-state index in [-0.39, 0.29) is 11.8 Å². The van der Waals surface area contributed by atoms with Gasteiger partial charge in [-0.1, -0.05) is 45.0 Å². The van der Waals surface area contributed by atoms with Crippen molar-refractivity contribution < 1.29 is 4.79 Å². The molecule has 3 N–H and O–H groups in total. The molecule has 0 radical (unpaired) electrons. The zero-order valence-corrected chi connectivity index (χ0v) is 12.9. The van der Waals surface area contributed by atoms with Gasteiger partial charge in [-0.05, 0) is 24.2 Å². The molecule has 0 fully saturated rings. The quantitative estimate of drug-likeness (QED) is 0.761. The average molecular weight is 277 g/mol. The lowest BCUT2D eigenvalue weighted by molar-refractivity contribution is -0.124. The predicted molar refractivity (Wildman–Crippen MR) is 83.1 cm³/mol. The zero-order valence-electron chi connectivity index (χ0n) is 12.9. The van der Waals surface area contributed by atoms with Crippen molar-refractivity contribution in [2.75, 3.05) is 19.6 Å². The molecule has 1 rings (SSSR count). The second-order valence-electron chi connectivity index (χ2n) is 5.14. The number of nitrogens with one attached hydrogen (secondary N) is 1. The molecule has 0 aromatic heterocycles. The lowest BCUT2D eigenvalue weighted by Gasteiger charge is -2.18. The van der Waals surface area contributed by atoms with Crippen molar-refractivity contribution in [1.29, 1.82) is 0 Å². The van der Waals surface area contributed by atoms with E-state index >= 15 is 0 Å². The average Bonchev–Trinajstić information content (AvgIpc) is 2.49. The minimum atomic E-state index is -0.131. The van der Waals surface area contributed by atoms with Gasteiger partial charge in [-0.2, -0.15) is 0 Å². The molecule has 1 atom stereocenters. The fraction of sp³-hybridized carbons (Fsp3) is 0.562. The van der Waals surface area contributed by atoms with Crippen LogP contribution < -0.4 is 11.1 Å². The molecule has 1 aromatic rings. The first-order valence-electron chi connectivity index (χ1n) is 7.38. The van der Waals surface area contributed by atoms with E-state index in [0.717, 1.165) is 25.2 Å². The maximum atomic E-state index is 11.7. The third kappa shape index (κ3) is 5.31. The van der Waals surface area contributed by atoms with Crippen LogP contribution in [0.2, 0.25) is 0 Å². The number of rotatable bonds is 8. The van der Waals surface area contributed by atoms with Crippen molar-refractivity contribution in [3.8, 4) is 0 Å². The summed E-state index contributed by atoms with van der Waals surface area (Å²) in [5.41, 5.74) is 7.90. The van der Waals surface area contributed by atoms with Crippen LogP contribution in [0.3, 0.4) is 0 Å². The minimum absolute atomic E-state index is 0.0154. The van der Waals surface area contributed by atoms with E-state index < -0.39 is 0 Å². The van der Waals surface area contributed by atoms with Crippen LogP contribution in [0.5, 0.6) is 0 Å². The van der Waals surface area contributed by atoms with E-state index in [4.69, 9.17) is 5.73 Å². The van der Waals surface area contributed by atoms with Gasteiger partial charge >= 0.3 is 0 Å². The van der Waals surface area contributed by atoms with E-state index in [0.29, 0.717) is 13.1 Å². The Labute approximate surface area is 122 Å². The Morgan fingerprint density at radius 2 is 1.95 bits per heavy atom. The van der Waals surface area contributed by atoms with E-state index in [2.05, 4.69) is 36.2 Å². The Hall–Kier alpha value is -1.39. The zero-order chi connectivity index (χ0) is 15.0. The topological polar surface area (TPSA) is 58.4 Å². The molecular weight excluding hydrogens is 250 g/mol. The Morgan fingerprint density at radius 3 is 2.55 bits per heavy atom. The molecule has 4 nitrogen and oxygen atoms in total. The summed E-state index contributed by atoms with van der Waals surface area (Å²) in [6, 6.07) is 8.38. The van der Waals surface area contributed by atoms with Gasteiger partial charge in [0.1, 0.15) is 0 Å². The summed E-state index contributed by atoms with van der Waals surface area (Å²) in [5.74, 6) is -0.115. The van der Waals surface area contributed by atoms with E-state index in [1.165, 1.54) is 5.56 Å². The standard InChI is InChI=1S/C16H27N3O/c1-4-19(5-2)12-15-8-6-7-14(9-15)11-18-16(20)13(3)10-17/h6-9,13H,4-5,10-12,17H2,1-3H3,(H,18,20). The summed E-state index contributed by atoms with van der Waals surface area (Å²) < 4.78 is 0. The number of benzene rings is 1. The van der Waals surface area contributed by atoms with Crippen molar-refractivity contribution in [2.24, 2.45) is 11.7 Å². The Morgan fingerprint density at radius 1 is 1.30 bits per heavy atom. The number of hydrogen-bond acceptors (Lipinski definition) is 3. The van der Waals surface area contributed by atoms with Crippen LogP contribution in [0.25, 0.3) is 0 Å². The number of nitrogens with two attached hydrogens (primary N) is 1. The summed E-state index contributed by atoms with van der Waals surface area (Å²) in [6.07, 6.45) is 0. The Balaban J connectivity index is 2.57. The largest absolute Gasteiger partial charge is 0.352 e. The Bertz CT molecular complexity index is 416. The molecule has 4 heteroatoms. The van der Waals surface area contributed by atoms with Gasteiger partial charge in [-0.15, -0.1) is 0 Å². The fourth-order valence-corrected chi connectivity index (χ4v) is 2.01. The third-order valence-electron chi connectivity index (χ3n) is 3.56. The predicted octanol–water partition coefficient (Wildman–Crippen LogP) is 1.74. The van der Waals surface area contributed by atoms with Crippen LogP contribution in [0.4, 0.5) is 0 Å². The van der Waals surface area contributed by atoms with Crippen LogP contribution in [-0.2, 0) is 17.9 Å². The Kier molecular flexibility index (Phi) is 7.26. The molecule has 1 amide bonds. The lowest BCUT2D eigenvalue weighted by atomic mass is 10.1. The normalized spacial score (nSPS) is 12.4. The van der Waals surface area contributed by atoms with Gasteiger partial charge in [-0.25, -0.2) is 0 Å². The van der Waals surface area contributed by atoms with E-state index in [9.17, 15) is 4.79 Å². The number of amides is 1. The molecule has 0 aliphatic heterocycles. The molecule has 0 spiro atoms. The smallest absolute Gasteiger partial charge is 0.224 e. The summed E-state index contributed by atoms with van der Waals surface area (Å²) in [4.78, 5) is 14.1. The molecule has 1 aromatic carbocycles. The highest BCUT2D eigenvalue weighted by molar-refractivity contribution is 5.78. The first-order valence-corrected chi connectivity index (χ1v) is 7.38. The highest BCUT2D eigenvalue weighted by Gasteiger charge is 2.10. The highest BCUT2D eigenvalue weighted by atomic mass is 16.1. The molecule has 0 heterocycles. The molecule has 1 unspecified atom stereocenters. The summed E-state index contributed by atoms with van der Waals surface area (Å²) in [7, 11) is 0. The molecular formula is C16H27N3O. The minimum Gasteiger partial charge on any atom is -0.352 e. The van der Waals surface area contributed by atoms with Crippen molar-refractivity contribution in [1.82, 2.24) is 10.2 Å². The van der Waals surface area contributed by atoms with Gasteiger partial charge in [0.05, 0.1) is 0 Å². The van der Waals surface area contributed by atoms with Crippen molar-refractivity contribution in [2.45, 2.75) is 33.9 Å². The van der Waals surface area contributed by atoms with E-state index in [1.54, 1.807) is 0 Å². The number of carbonyl (C=O) groups is 1. The summed E-state index contributed by atoms with van der Waals surface area (Å²) in [5, 5.41) is 2.93.